The molecule has 0 aliphatic heterocycles. The smallest absolute Gasteiger partial charge is 0.327 e. The van der Waals surface area contributed by atoms with Crippen LogP contribution in [0.15, 0.2) is 0 Å². The lowest BCUT2D eigenvalue weighted by Crippen LogP contribution is -2.60. The van der Waals surface area contributed by atoms with Crippen molar-refractivity contribution in [3.8, 4) is 0 Å². The summed E-state index contributed by atoms with van der Waals surface area (Å²) in [6, 6.07) is -5.29. The lowest BCUT2D eigenvalue weighted by molar-refractivity contribution is -0.142. The second-order valence-electron chi connectivity index (χ2n) is 7.28. The van der Waals surface area contributed by atoms with Crippen molar-refractivity contribution in [3.63, 3.8) is 0 Å². The number of aliphatic hydroxyl groups is 1. The van der Waals surface area contributed by atoms with Crippen molar-refractivity contribution in [2.24, 2.45) is 17.4 Å². The topological polar surface area (TPSA) is 214 Å². The van der Waals surface area contributed by atoms with Crippen LogP contribution in [-0.4, -0.2) is 75.8 Å². The van der Waals surface area contributed by atoms with Gasteiger partial charge in [-0.3, -0.25) is 19.2 Å². The van der Waals surface area contributed by atoms with Crippen molar-refractivity contribution in [2.75, 3.05) is 5.75 Å². The van der Waals surface area contributed by atoms with E-state index in [0.29, 0.717) is 6.42 Å². The van der Waals surface area contributed by atoms with Crippen LogP contribution in [0.2, 0.25) is 0 Å². The summed E-state index contributed by atoms with van der Waals surface area (Å²) in [7, 11) is 0. The average molecular weight is 450 g/mol. The average Bonchev–Trinajstić information content (AvgIpc) is 2.61. The molecule has 0 aliphatic rings. The van der Waals surface area contributed by atoms with Gasteiger partial charge in [0.1, 0.15) is 18.1 Å². The number of nitrogens with two attached hydrogens (primary N) is 2. The van der Waals surface area contributed by atoms with Crippen LogP contribution in [0.1, 0.15) is 33.6 Å². The van der Waals surface area contributed by atoms with E-state index in [1.165, 1.54) is 6.92 Å². The summed E-state index contributed by atoms with van der Waals surface area (Å²) in [5.41, 5.74) is 10.9. The molecule has 172 valence electrons. The summed E-state index contributed by atoms with van der Waals surface area (Å²) in [5, 5.41) is 25.5. The van der Waals surface area contributed by atoms with Gasteiger partial charge in [-0.2, -0.15) is 12.6 Å². The van der Waals surface area contributed by atoms with Gasteiger partial charge in [-0.25, -0.2) is 4.79 Å². The highest BCUT2D eigenvalue weighted by atomic mass is 32.1. The fraction of sp³-hybridized carbons (Fsp3) is 0.706. The number of primary amides is 1. The molecule has 5 unspecified atom stereocenters. The Morgan fingerprint density at radius 3 is 1.87 bits per heavy atom. The molecule has 0 aromatic carbocycles. The Balaban J connectivity index is 5.35. The van der Waals surface area contributed by atoms with E-state index in [2.05, 4.69) is 28.6 Å². The SMILES string of the molecule is CC(C)CC(N)C(=O)NC(C(=O)NC(CC(N)=O)C(=O)NC(CS)C(=O)O)C(C)O. The third-order valence-corrected chi connectivity index (χ3v) is 4.33. The van der Waals surface area contributed by atoms with E-state index in [9.17, 15) is 29.1 Å². The third kappa shape index (κ3) is 9.89. The van der Waals surface area contributed by atoms with Crippen molar-refractivity contribution in [1.82, 2.24) is 16.0 Å². The molecule has 0 saturated heterocycles. The normalized spacial score (nSPS) is 16.0. The Morgan fingerprint density at radius 1 is 0.933 bits per heavy atom. The van der Waals surface area contributed by atoms with Gasteiger partial charge in [0.05, 0.1) is 18.6 Å². The molecule has 0 aromatic heterocycles. The van der Waals surface area contributed by atoms with Crippen LogP contribution in [0, 0.1) is 5.92 Å². The number of aliphatic hydroxyl groups excluding tert-OH is 1. The highest BCUT2D eigenvalue weighted by Gasteiger charge is 2.33. The van der Waals surface area contributed by atoms with E-state index in [-0.39, 0.29) is 11.7 Å². The molecule has 0 rings (SSSR count). The standard InChI is InChI=1S/C17H31N5O7S/c1-7(2)4-9(18)14(25)22-13(8(3)23)16(27)20-10(5-12(19)24)15(26)21-11(6-30)17(28)29/h7-11,13,23,30H,4-6,18H2,1-3H3,(H2,19,24)(H,20,27)(H,21,26)(H,22,25)(H,28,29). The molecule has 0 saturated carbocycles. The Hall–Kier alpha value is -2.38. The number of carbonyl (C=O) groups is 5. The van der Waals surface area contributed by atoms with Crippen molar-refractivity contribution in [3.05, 3.63) is 0 Å². The summed E-state index contributed by atoms with van der Waals surface area (Å²) >= 11 is 3.81. The fourth-order valence-corrected chi connectivity index (χ4v) is 2.66. The molecule has 12 nitrogen and oxygen atoms in total. The van der Waals surface area contributed by atoms with Gasteiger partial charge in [-0.05, 0) is 19.3 Å². The largest absolute Gasteiger partial charge is 0.480 e. The number of hydrogen-bond acceptors (Lipinski definition) is 8. The number of carboxylic acid groups (broad SMARTS) is 1. The van der Waals surface area contributed by atoms with Crippen LogP contribution in [-0.2, 0) is 24.0 Å². The second-order valence-corrected chi connectivity index (χ2v) is 7.64. The molecule has 0 spiro atoms. The predicted molar refractivity (Wildman–Crippen MR) is 110 cm³/mol. The van der Waals surface area contributed by atoms with E-state index in [0.717, 1.165) is 0 Å². The number of thiol groups is 1. The lowest BCUT2D eigenvalue weighted by atomic mass is 10.0. The van der Waals surface area contributed by atoms with Gasteiger partial charge in [0.25, 0.3) is 0 Å². The first-order valence-corrected chi connectivity index (χ1v) is 9.90. The number of hydrogen-bond donors (Lipinski definition) is 8. The van der Waals surface area contributed by atoms with Gasteiger partial charge in [0.15, 0.2) is 0 Å². The van der Waals surface area contributed by atoms with Crippen LogP contribution in [0.25, 0.3) is 0 Å². The molecule has 0 bridgehead atoms. The zero-order valence-electron chi connectivity index (χ0n) is 17.1. The quantitative estimate of drug-likeness (QED) is 0.136. The monoisotopic (exact) mass is 449 g/mol. The van der Waals surface area contributed by atoms with Crippen LogP contribution in [0.3, 0.4) is 0 Å². The maximum absolute atomic E-state index is 12.6. The molecule has 0 fully saturated rings. The zero-order chi connectivity index (χ0) is 23.6. The van der Waals surface area contributed by atoms with Gasteiger partial charge in [-0.1, -0.05) is 13.8 Å². The number of nitrogens with one attached hydrogen (secondary N) is 3. The summed E-state index contributed by atoms with van der Waals surface area (Å²) in [6.07, 6.45) is -1.65. The fourth-order valence-electron chi connectivity index (χ4n) is 2.41. The van der Waals surface area contributed by atoms with Gasteiger partial charge in [0, 0.05) is 5.75 Å². The molecule has 0 heterocycles. The zero-order valence-corrected chi connectivity index (χ0v) is 18.0. The molecule has 0 aliphatic carbocycles. The maximum atomic E-state index is 12.6. The minimum absolute atomic E-state index is 0.113. The van der Waals surface area contributed by atoms with Gasteiger partial charge >= 0.3 is 5.97 Å². The van der Waals surface area contributed by atoms with Gasteiger partial charge in [0.2, 0.25) is 23.6 Å². The number of carbonyl (C=O) groups excluding carboxylic acids is 4. The summed E-state index contributed by atoms with van der Waals surface area (Å²) in [5.74, 6) is -5.08. The number of carboxylic acids is 1. The van der Waals surface area contributed by atoms with E-state index in [1.807, 2.05) is 13.8 Å². The van der Waals surface area contributed by atoms with Crippen molar-refractivity contribution >= 4 is 42.2 Å². The molecule has 4 amide bonds. The maximum Gasteiger partial charge on any atom is 0.327 e. The Labute approximate surface area is 179 Å². The highest BCUT2D eigenvalue weighted by Crippen LogP contribution is 2.05. The first-order chi connectivity index (χ1) is 13.8. The van der Waals surface area contributed by atoms with Gasteiger partial charge in [-0.15, -0.1) is 0 Å². The Morgan fingerprint density at radius 2 is 1.47 bits per heavy atom. The number of amides is 4. The molecule has 9 N–H and O–H groups in total. The molecule has 5 atom stereocenters. The number of rotatable bonds is 13. The third-order valence-electron chi connectivity index (χ3n) is 3.96. The molecule has 0 radical (unpaired) electrons. The van der Waals surface area contributed by atoms with Crippen LogP contribution < -0.4 is 27.4 Å². The second kappa shape index (κ2) is 13.0. The van der Waals surface area contributed by atoms with Crippen molar-refractivity contribution in [2.45, 2.75) is 63.9 Å². The summed E-state index contributed by atoms with van der Waals surface area (Å²) in [4.78, 5) is 59.4. The van der Waals surface area contributed by atoms with E-state index in [1.54, 1.807) is 0 Å². The summed E-state index contributed by atoms with van der Waals surface area (Å²) < 4.78 is 0. The van der Waals surface area contributed by atoms with Crippen LogP contribution in [0.5, 0.6) is 0 Å². The Kier molecular flexibility index (Phi) is 12.0. The Bertz CT molecular complexity index is 644. The van der Waals surface area contributed by atoms with Crippen molar-refractivity contribution in [1.29, 1.82) is 0 Å². The molecular weight excluding hydrogens is 418 g/mol. The summed E-state index contributed by atoms with van der Waals surface area (Å²) in [6.45, 7) is 4.95. The van der Waals surface area contributed by atoms with Crippen LogP contribution >= 0.6 is 12.6 Å². The minimum atomic E-state index is -1.53. The lowest BCUT2D eigenvalue weighted by Gasteiger charge is -2.26. The highest BCUT2D eigenvalue weighted by molar-refractivity contribution is 7.80. The first kappa shape index (κ1) is 27.6. The van der Waals surface area contributed by atoms with E-state index >= 15 is 0 Å². The molecular formula is C17H31N5O7S. The molecule has 0 aromatic rings. The molecule has 30 heavy (non-hydrogen) atoms. The van der Waals surface area contributed by atoms with E-state index < -0.39 is 66.3 Å². The predicted octanol–water partition coefficient (Wildman–Crippen LogP) is -2.92. The van der Waals surface area contributed by atoms with Crippen LogP contribution in [0.4, 0.5) is 0 Å². The first-order valence-electron chi connectivity index (χ1n) is 9.26. The van der Waals surface area contributed by atoms with Gasteiger partial charge < -0.3 is 37.6 Å². The van der Waals surface area contributed by atoms with Crippen molar-refractivity contribution < 1.29 is 34.2 Å². The van der Waals surface area contributed by atoms with E-state index in [4.69, 9.17) is 16.6 Å². The minimum Gasteiger partial charge on any atom is -0.480 e. The number of aliphatic carboxylic acids is 1. The molecule has 13 heteroatoms.